The molecule has 2 aromatic rings. The van der Waals surface area contributed by atoms with Crippen LogP contribution in [0.3, 0.4) is 0 Å². The summed E-state index contributed by atoms with van der Waals surface area (Å²) >= 11 is 0. The van der Waals surface area contributed by atoms with Gasteiger partial charge < -0.3 is 18.9 Å². The van der Waals surface area contributed by atoms with Crippen LogP contribution in [-0.2, 0) is 25.7 Å². The zero-order valence-corrected chi connectivity index (χ0v) is 23.9. The van der Waals surface area contributed by atoms with Gasteiger partial charge in [-0.3, -0.25) is 4.90 Å². The highest BCUT2D eigenvalue weighted by atomic mass is 28.3. The van der Waals surface area contributed by atoms with Crippen LogP contribution < -0.4 is 4.90 Å². The monoisotopic (exact) mass is 518 g/mol. The van der Waals surface area contributed by atoms with Crippen LogP contribution in [0.25, 0.3) is 10.9 Å². The van der Waals surface area contributed by atoms with Crippen LogP contribution in [-0.4, -0.2) is 67.2 Å². The molecule has 200 valence electrons. The summed E-state index contributed by atoms with van der Waals surface area (Å²) in [6.45, 7) is 15.0. The van der Waals surface area contributed by atoms with Gasteiger partial charge in [-0.25, -0.2) is 14.5 Å². The summed E-state index contributed by atoms with van der Waals surface area (Å²) in [5, 5.41) is 6.01. The van der Waals surface area contributed by atoms with Crippen molar-refractivity contribution in [2.45, 2.75) is 96.2 Å². The van der Waals surface area contributed by atoms with E-state index in [2.05, 4.69) is 24.6 Å². The molecule has 1 aliphatic carbocycles. The van der Waals surface area contributed by atoms with Crippen molar-refractivity contribution in [3.63, 3.8) is 0 Å². The standard InChI is InChI=1S/C26H42N4O5Si/c1-25(2,3)35-24(31)29(4)22-16-20-21(17-27-22)30(18-32-14-15-36(5,6)7)28-23(20)19-8-10-26(11-9-19)33-12-13-34-26/h16-17,19H,8-15,18H2,1-7H3. The molecule has 0 radical (unpaired) electrons. The Morgan fingerprint density at radius 2 is 1.89 bits per heavy atom. The average molecular weight is 519 g/mol. The molecule has 2 aromatic heterocycles. The van der Waals surface area contributed by atoms with Crippen LogP contribution in [0.1, 0.15) is 58.1 Å². The molecule has 9 nitrogen and oxygen atoms in total. The molecule has 4 rings (SSSR count). The van der Waals surface area contributed by atoms with E-state index in [1.54, 1.807) is 13.2 Å². The highest BCUT2D eigenvalue weighted by molar-refractivity contribution is 6.76. The third-order valence-electron chi connectivity index (χ3n) is 6.82. The van der Waals surface area contributed by atoms with Gasteiger partial charge in [0.1, 0.15) is 18.1 Å². The average Bonchev–Trinajstić information content (AvgIpc) is 3.39. The molecule has 0 N–H and O–H groups in total. The summed E-state index contributed by atoms with van der Waals surface area (Å²) in [7, 11) is 0.511. The van der Waals surface area contributed by atoms with E-state index in [1.165, 1.54) is 4.90 Å². The third-order valence-corrected chi connectivity index (χ3v) is 8.52. The molecule has 1 spiro atoms. The first-order valence-electron chi connectivity index (χ1n) is 13.0. The SMILES string of the molecule is CN(C(=O)OC(C)(C)C)c1cc2c(C3CCC4(CC3)OCCO4)nn(COCC[Si](C)(C)C)c2cn1. The summed E-state index contributed by atoms with van der Waals surface area (Å²) < 4.78 is 25.4. The Kier molecular flexibility index (Phi) is 7.80. The highest BCUT2D eigenvalue weighted by Gasteiger charge is 2.41. The van der Waals surface area contributed by atoms with Crippen molar-refractivity contribution in [2.75, 3.05) is 31.8 Å². The van der Waals surface area contributed by atoms with Gasteiger partial charge in [0, 0.05) is 45.9 Å². The maximum atomic E-state index is 12.7. The van der Waals surface area contributed by atoms with Gasteiger partial charge in [-0.2, -0.15) is 5.10 Å². The van der Waals surface area contributed by atoms with E-state index in [9.17, 15) is 4.79 Å². The second-order valence-electron chi connectivity index (χ2n) is 12.2. The lowest BCUT2D eigenvalue weighted by molar-refractivity contribution is -0.178. The minimum atomic E-state index is -1.17. The number of aromatic nitrogens is 3. The van der Waals surface area contributed by atoms with Crippen molar-refractivity contribution in [1.82, 2.24) is 14.8 Å². The number of hydrogen-bond donors (Lipinski definition) is 0. The first-order valence-corrected chi connectivity index (χ1v) is 16.8. The molecular formula is C26H42N4O5Si. The number of pyridine rings is 1. The lowest BCUT2D eigenvalue weighted by Crippen LogP contribution is -2.35. The van der Waals surface area contributed by atoms with Crippen LogP contribution >= 0.6 is 0 Å². The Morgan fingerprint density at radius 3 is 2.50 bits per heavy atom. The normalized spacial score (nSPS) is 18.8. The van der Waals surface area contributed by atoms with Gasteiger partial charge in [0.2, 0.25) is 0 Å². The van der Waals surface area contributed by atoms with Gasteiger partial charge in [0.25, 0.3) is 0 Å². The minimum Gasteiger partial charge on any atom is -0.443 e. The number of ether oxygens (including phenoxy) is 4. The van der Waals surface area contributed by atoms with E-state index in [0.717, 1.165) is 54.9 Å². The number of hydrogen-bond acceptors (Lipinski definition) is 7. The summed E-state index contributed by atoms with van der Waals surface area (Å²) in [6, 6.07) is 3.06. The number of amides is 1. The van der Waals surface area contributed by atoms with E-state index in [4.69, 9.17) is 24.0 Å². The minimum absolute atomic E-state index is 0.274. The quantitative estimate of drug-likeness (QED) is 0.352. The van der Waals surface area contributed by atoms with E-state index >= 15 is 0 Å². The predicted octanol–water partition coefficient (Wildman–Crippen LogP) is 5.52. The second kappa shape index (κ2) is 10.4. The van der Waals surface area contributed by atoms with E-state index < -0.39 is 25.6 Å². The van der Waals surface area contributed by atoms with Crippen molar-refractivity contribution in [3.05, 3.63) is 18.0 Å². The number of carbonyl (C=O) groups is 1. The molecule has 1 aliphatic heterocycles. The molecule has 0 bridgehead atoms. The Balaban J connectivity index is 1.59. The number of fused-ring (bicyclic) bond motifs is 1. The van der Waals surface area contributed by atoms with Gasteiger partial charge >= 0.3 is 6.09 Å². The van der Waals surface area contributed by atoms with Crippen LogP contribution in [0.5, 0.6) is 0 Å². The predicted molar refractivity (Wildman–Crippen MR) is 142 cm³/mol. The van der Waals surface area contributed by atoms with Gasteiger partial charge in [0.15, 0.2) is 5.79 Å². The van der Waals surface area contributed by atoms with Crippen LogP contribution in [0.4, 0.5) is 10.6 Å². The number of carbonyl (C=O) groups excluding carboxylic acids is 1. The number of nitrogens with zero attached hydrogens (tertiary/aromatic N) is 4. The van der Waals surface area contributed by atoms with E-state index in [1.807, 2.05) is 31.5 Å². The fraction of sp³-hybridized carbons (Fsp3) is 0.731. The maximum absolute atomic E-state index is 12.7. The summed E-state index contributed by atoms with van der Waals surface area (Å²) in [4.78, 5) is 18.7. The van der Waals surface area contributed by atoms with Crippen molar-refractivity contribution in [1.29, 1.82) is 0 Å². The smallest absolute Gasteiger partial charge is 0.415 e. The molecule has 10 heteroatoms. The molecule has 0 unspecified atom stereocenters. The Hall–Kier alpha value is -2.01. The second-order valence-corrected chi connectivity index (χ2v) is 17.8. The molecule has 36 heavy (non-hydrogen) atoms. The fourth-order valence-corrected chi connectivity index (χ4v) is 5.50. The van der Waals surface area contributed by atoms with Gasteiger partial charge in [-0.1, -0.05) is 19.6 Å². The van der Waals surface area contributed by atoms with Crippen LogP contribution in [0, 0.1) is 0 Å². The summed E-state index contributed by atoms with van der Waals surface area (Å²) in [5.41, 5.74) is 1.35. The zero-order valence-electron chi connectivity index (χ0n) is 22.9. The summed E-state index contributed by atoms with van der Waals surface area (Å²) in [6.07, 6.45) is 4.93. The van der Waals surface area contributed by atoms with Crippen molar-refractivity contribution in [2.24, 2.45) is 0 Å². The Labute approximate surface area is 215 Å². The zero-order chi connectivity index (χ0) is 26.1. The largest absolute Gasteiger partial charge is 0.443 e. The Bertz CT molecular complexity index is 1060. The Morgan fingerprint density at radius 1 is 1.22 bits per heavy atom. The first kappa shape index (κ1) is 27.0. The van der Waals surface area contributed by atoms with Crippen LogP contribution in [0.2, 0.25) is 25.7 Å². The molecule has 2 fully saturated rings. The highest BCUT2D eigenvalue weighted by Crippen LogP contribution is 2.43. The number of rotatable bonds is 7. The lowest BCUT2D eigenvalue weighted by Gasteiger charge is -2.34. The van der Waals surface area contributed by atoms with Gasteiger partial charge in [0.05, 0.1) is 30.6 Å². The van der Waals surface area contributed by atoms with Gasteiger partial charge in [-0.15, -0.1) is 0 Å². The fourth-order valence-electron chi connectivity index (χ4n) is 4.74. The summed E-state index contributed by atoms with van der Waals surface area (Å²) in [5.74, 6) is 0.390. The lowest BCUT2D eigenvalue weighted by atomic mass is 9.82. The molecular weight excluding hydrogens is 476 g/mol. The topological polar surface area (TPSA) is 87.9 Å². The molecule has 2 aliphatic rings. The molecule has 1 saturated carbocycles. The third kappa shape index (κ3) is 6.45. The first-order chi connectivity index (χ1) is 16.9. The van der Waals surface area contributed by atoms with Crippen molar-refractivity contribution < 1.29 is 23.7 Å². The van der Waals surface area contributed by atoms with E-state index in [0.29, 0.717) is 25.8 Å². The van der Waals surface area contributed by atoms with Crippen LogP contribution in [0.15, 0.2) is 12.3 Å². The molecule has 3 heterocycles. The van der Waals surface area contributed by atoms with Gasteiger partial charge in [-0.05, 0) is 45.7 Å². The maximum Gasteiger partial charge on any atom is 0.415 e. The number of anilines is 1. The van der Waals surface area contributed by atoms with E-state index in [-0.39, 0.29) is 5.92 Å². The molecule has 1 saturated heterocycles. The molecule has 0 atom stereocenters. The van der Waals surface area contributed by atoms with Crippen molar-refractivity contribution >= 4 is 30.9 Å². The molecule has 1 amide bonds. The molecule has 0 aromatic carbocycles. The van der Waals surface area contributed by atoms with Crippen molar-refractivity contribution in [3.8, 4) is 0 Å².